The van der Waals surface area contributed by atoms with Crippen LogP contribution in [0, 0.1) is 0 Å². The van der Waals surface area contributed by atoms with Gasteiger partial charge in [0.15, 0.2) is 5.75 Å². The normalized spacial score (nSPS) is 14.2. The Labute approximate surface area is 163 Å². The van der Waals surface area contributed by atoms with Crippen molar-refractivity contribution in [2.24, 2.45) is 0 Å². The minimum absolute atomic E-state index is 0.137. The van der Waals surface area contributed by atoms with Gasteiger partial charge in [-0.1, -0.05) is 24.3 Å². The standard InChI is InChI=1S/C18H14F3NO6S/c19-18(20,21)29(26,27)28-15-6-5-12(17(24)25)9-14(15)16(23)22-8-7-11-3-1-2-4-13(11)10-22/h1-6,9H,7-8,10H2,(H,24,25). The molecule has 2 aromatic carbocycles. The summed E-state index contributed by atoms with van der Waals surface area (Å²) in [5, 5.41) is 9.12. The van der Waals surface area contributed by atoms with Crippen LogP contribution in [0.4, 0.5) is 13.2 Å². The molecule has 0 bridgehead atoms. The van der Waals surface area contributed by atoms with Gasteiger partial charge in [-0.25, -0.2) is 4.79 Å². The van der Waals surface area contributed by atoms with Crippen LogP contribution in [0.3, 0.4) is 0 Å². The summed E-state index contributed by atoms with van der Waals surface area (Å²) in [4.78, 5) is 25.4. The lowest BCUT2D eigenvalue weighted by molar-refractivity contribution is -0.0500. The number of amides is 1. The molecule has 0 radical (unpaired) electrons. The van der Waals surface area contributed by atoms with Crippen molar-refractivity contribution >= 4 is 22.0 Å². The SMILES string of the molecule is O=C(O)c1ccc(OS(=O)(=O)C(F)(F)F)c(C(=O)N2CCc3ccccc3C2)c1. The lowest BCUT2D eigenvalue weighted by Gasteiger charge is -2.29. The average Bonchev–Trinajstić information content (AvgIpc) is 2.66. The molecule has 1 heterocycles. The van der Waals surface area contributed by atoms with Crippen LogP contribution in [0.5, 0.6) is 5.75 Å². The molecule has 0 aromatic heterocycles. The fraction of sp³-hybridized carbons (Fsp3) is 0.222. The summed E-state index contributed by atoms with van der Waals surface area (Å²) in [6.45, 7) is 0.358. The van der Waals surface area contributed by atoms with Gasteiger partial charge in [-0.2, -0.15) is 21.6 Å². The Morgan fingerprint density at radius 3 is 2.34 bits per heavy atom. The summed E-state index contributed by atoms with van der Waals surface area (Å²) in [5.74, 6) is -3.17. The summed E-state index contributed by atoms with van der Waals surface area (Å²) in [5.41, 5.74) is -4.86. The topological polar surface area (TPSA) is 101 Å². The van der Waals surface area contributed by atoms with E-state index < -0.39 is 44.4 Å². The Morgan fingerprint density at radius 1 is 1.07 bits per heavy atom. The molecule has 0 spiro atoms. The molecule has 1 aliphatic heterocycles. The zero-order valence-corrected chi connectivity index (χ0v) is 15.5. The summed E-state index contributed by atoms with van der Waals surface area (Å²) in [6, 6.07) is 9.64. The predicted octanol–water partition coefficient (Wildman–Crippen LogP) is 2.81. The second-order valence-electron chi connectivity index (χ2n) is 6.24. The number of rotatable bonds is 4. The fourth-order valence-corrected chi connectivity index (χ4v) is 3.38. The van der Waals surface area contributed by atoms with E-state index >= 15 is 0 Å². The van der Waals surface area contributed by atoms with Gasteiger partial charge in [-0.15, -0.1) is 0 Å². The first-order valence-electron chi connectivity index (χ1n) is 8.24. The number of carbonyl (C=O) groups is 2. The monoisotopic (exact) mass is 429 g/mol. The summed E-state index contributed by atoms with van der Waals surface area (Å²) in [7, 11) is -6.04. The van der Waals surface area contributed by atoms with E-state index in [0.717, 1.165) is 29.3 Å². The predicted molar refractivity (Wildman–Crippen MR) is 93.9 cm³/mol. The molecule has 0 saturated heterocycles. The van der Waals surface area contributed by atoms with Crippen molar-refractivity contribution in [3.05, 3.63) is 64.7 Å². The molecule has 11 heteroatoms. The van der Waals surface area contributed by atoms with E-state index in [4.69, 9.17) is 5.11 Å². The van der Waals surface area contributed by atoms with E-state index in [0.29, 0.717) is 6.42 Å². The highest BCUT2D eigenvalue weighted by Gasteiger charge is 2.49. The molecule has 2 aromatic rings. The van der Waals surface area contributed by atoms with Crippen molar-refractivity contribution in [1.82, 2.24) is 4.90 Å². The third kappa shape index (κ3) is 4.19. The number of fused-ring (bicyclic) bond motifs is 1. The van der Waals surface area contributed by atoms with E-state index in [2.05, 4.69) is 4.18 Å². The summed E-state index contributed by atoms with van der Waals surface area (Å²) < 4.78 is 64.9. The minimum Gasteiger partial charge on any atom is -0.478 e. The van der Waals surface area contributed by atoms with Crippen LogP contribution in [0.1, 0.15) is 31.8 Å². The first-order chi connectivity index (χ1) is 13.5. The van der Waals surface area contributed by atoms with Crippen LogP contribution in [0.25, 0.3) is 0 Å². The Kier molecular flexibility index (Phi) is 5.26. The molecule has 1 amide bonds. The number of aromatic carboxylic acids is 1. The largest absolute Gasteiger partial charge is 0.534 e. The highest BCUT2D eigenvalue weighted by Crippen LogP contribution is 2.31. The van der Waals surface area contributed by atoms with Crippen LogP contribution in [-0.4, -0.2) is 42.4 Å². The average molecular weight is 429 g/mol. The van der Waals surface area contributed by atoms with Crippen LogP contribution >= 0.6 is 0 Å². The molecule has 0 saturated carbocycles. The number of halogens is 3. The molecule has 1 aliphatic rings. The van der Waals surface area contributed by atoms with E-state index in [9.17, 15) is 31.2 Å². The van der Waals surface area contributed by atoms with Gasteiger partial charge in [0.1, 0.15) is 0 Å². The third-order valence-corrected chi connectivity index (χ3v) is 5.32. The van der Waals surface area contributed by atoms with Gasteiger partial charge in [-0.05, 0) is 35.7 Å². The van der Waals surface area contributed by atoms with E-state index in [1.54, 1.807) is 12.1 Å². The quantitative estimate of drug-likeness (QED) is 0.593. The molecule has 0 fully saturated rings. The van der Waals surface area contributed by atoms with Gasteiger partial charge in [0.05, 0.1) is 11.1 Å². The number of carbonyl (C=O) groups excluding carboxylic acids is 1. The molecular formula is C18H14F3NO6S. The van der Waals surface area contributed by atoms with Gasteiger partial charge in [0.2, 0.25) is 0 Å². The minimum atomic E-state index is -6.04. The van der Waals surface area contributed by atoms with Crippen molar-refractivity contribution in [2.75, 3.05) is 6.54 Å². The van der Waals surface area contributed by atoms with Crippen molar-refractivity contribution in [2.45, 2.75) is 18.5 Å². The zero-order chi connectivity index (χ0) is 21.4. The third-order valence-electron chi connectivity index (χ3n) is 4.36. The number of nitrogens with zero attached hydrogens (tertiary/aromatic N) is 1. The molecule has 0 unspecified atom stereocenters. The Bertz CT molecular complexity index is 1080. The second kappa shape index (κ2) is 7.39. The highest BCUT2D eigenvalue weighted by atomic mass is 32.2. The molecule has 7 nitrogen and oxygen atoms in total. The van der Waals surface area contributed by atoms with Gasteiger partial charge in [0, 0.05) is 13.1 Å². The highest BCUT2D eigenvalue weighted by molar-refractivity contribution is 7.88. The fourth-order valence-electron chi connectivity index (χ4n) is 2.91. The van der Waals surface area contributed by atoms with Crippen molar-refractivity contribution in [3.63, 3.8) is 0 Å². The summed E-state index contributed by atoms with van der Waals surface area (Å²) in [6.07, 6.45) is 0.484. The maximum atomic E-state index is 12.9. The molecule has 3 rings (SSSR count). The maximum absolute atomic E-state index is 12.9. The van der Waals surface area contributed by atoms with Crippen LogP contribution in [0.2, 0.25) is 0 Å². The van der Waals surface area contributed by atoms with E-state index in [-0.39, 0.29) is 13.1 Å². The van der Waals surface area contributed by atoms with Crippen molar-refractivity contribution in [1.29, 1.82) is 0 Å². The lowest BCUT2D eigenvalue weighted by Crippen LogP contribution is -2.36. The molecule has 29 heavy (non-hydrogen) atoms. The van der Waals surface area contributed by atoms with Gasteiger partial charge < -0.3 is 14.2 Å². The first kappa shape index (κ1) is 20.6. The number of hydrogen-bond donors (Lipinski definition) is 1. The second-order valence-corrected chi connectivity index (χ2v) is 7.78. The molecular weight excluding hydrogens is 415 g/mol. The van der Waals surface area contributed by atoms with Crippen LogP contribution in [0.15, 0.2) is 42.5 Å². The molecule has 0 aliphatic carbocycles. The van der Waals surface area contributed by atoms with E-state index in [1.165, 1.54) is 4.90 Å². The number of carboxylic acid groups (broad SMARTS) is 1. The maximum Gasteiger partial charge on any atom is 0.534 e. The van der Waals surface area contributed by atoms with Crippen LogP contribution in [-0.2, 0) is 23.1 Å². The smallest absolute Gasteiger partial charge is 0.478 e. The Morgan fingerprint density at radius 2 is 1.72 bits per heavy atom. The van der Waals surface area contributed by atoms with E-state index in [1.807, 2.05) is 12.1 Å². The molecule has 0 atom stereocenters. The summed E-state index contributed by atoms with van der Waals surface area (Å²) >= 11 is 0. The van der Waals surface area contributed by atoms with Gasteiger partial charge in [0.25, 0.3) is 5.91 Å². The van der Waals surface area contributed by atoms with Gasteiger partial charge in [-0.3, -0.25) is 4.79 Å². The number of alkyl halides is 3. The van der Waals surface area contributed by atoms with Gasteiger partial charge >= 0.3 is 21.6 Å². The molecule has 154 valence electrons. The Hall–Kier alpha value is -3.08. The number of benzene rings is 2. The lowest BCUT2D eigenvalue weighted by atomic mass is 9.99. The zero-order valence-electron chi connectivity index (χ0n) is 14.6. The Balaban J connectivity index is 1.99. The van der Waals surface area contributed by atoms with Crippen molar-refractivity contribution < 1.29 is 40.5 Å². The number of hydrogen-bond acceptors (Lipinski definition) is 5. The number of carboxylic acids is 1. The molecule has 1 N–H and O–H groups in total. The van der Waals surface area contributed by atoms with Crippen molar-refractivity contribution in [3.8, 4) is 5.75 Å². The van der Waals surface area contributed by atoms with Crippen LogP contribution < -0.4 is 4.18 Å². The first-order valence-corrected chi connectivity index (χ1v) is 9.64.